The fraction of sp³-hybridized carbons (Fsp3) is 0.444. The number of nitrogens with one attached hydrogen (secondary N) is 1. The van der Waals surface area contributed by atoms with E-state index >= 15 is 0 Å². The molecule has 0 aliphatic carbocycles. The van der Waals surface area contributed by atoms with Crippen LogP contribution in [-0.4, -0.2) is 24.0 Å². The number of benzene rings is 1. The van der Waals surface area contributed by atoms with E-state index in [4.69, 9.17) is 0 Å². The highest BCUT2D eigenvalue weighted by molar-refractivity contribution is 7.08. The Bertz CT molecular complexity index is 549. The Morgan fingerprint density at radius 3 is 2.86 bits per heavy atom. The van der Waals surface area contributed by atoms with E-state index < -0.39 is 0 Å². The summed E-state index contributed by atoms with van der Waals surface area (Å²) in [6.07, 6.45) is 2.60. The molecule has 0 radical (unpaired) electrons. The third kappa shape index (κ3) is 4.16. The van der Waals surface area contributed by atoms with Gasteiger partial charge >= 0.3 is 0 Å². The molecule has 3 heteroatoms. The van der Waals surface area contributed by atoms with E-state index in [1.807, 2.05) is 0 Å². The minimum Gasteiger partial charge on any atom is -0.309 e. The summed E-state index contributed by atoms with van der Waals surface area (Å²) >= 11 is 1.80. The normalized spacial score (nSPS) is 19.8. The SMILES string of the molecule is Cc1cscc1CNC1CCCN(Cc2ccccc2)C1. The van der Waals surface area contributed by atoms with Gasteiger partial charge in [-0.1, -0.05) is 30.3 Å². The third-order valence-corrected chi connectivity index (χ3v) is 5.21. The molecule has 1 saturated heterocycles. The topological polar surface area (TPSA) is 15.3 Å². The lowest BCUT2D eigenvalue weighted by atomic mass is 10.0. The van der Waals surface area contributed by atoms with Crippen LogP contribution in [-0.2, 0) is 13.1 Å². The van der Waals surface area contributed by atoms with Crippen molar-refractivity contribution in [2.24, 2.45) is 0 Å². The molecule has 0 bridgehead atoms. The van der Waals surface area contributed by atoms with Crippen LogP contribution in [0.1, 0.15) is 29.5 Å². The monoisotopic (exact) mass is 300 g/mol. The number of hydrogen-bond acceptors (Lipinski definition) is 3. The second-order valence-electron chi connectivity index (χ2n) is 6.02. The van der Waals surface area contributed by atoms with Gasteiger partial charge in [-0.3, -0.25) is 4.90 Å². The highest BCUT2D eigenvalue weighted by Gasteiger charge is 2.19. The third-order valence-electron chi connectivity index (χ3n) is 4.30. The van der Waals surface area contributed by atoms with Gasteiger partial charge in [-0.2, -0.15) is 11.3 Å². The molecule has 1 aliphatic rings. The van der Waals surface area contributed by atoms with Gasteiger partial charge in [-0.15, -0.1) is 0 Å². The summed E-state index contributed by atoms with van der Waals surface area (Å²) < 4.78 is 0. The van der Waals surface area contributed by atoms with Gasteiger partial charge in [-0.05, 0) is 53.8 Å². The van der Waals surface area contributed by atoms with Crippen LogP contribution in [0.15, 0.2) is 41.1 Å². The van der Waals surface area contributed by atoms with E-state index in [1.165, 1.54) is 36.1 Å². The summed E-state index contributed by atoms with van der Waals surface area (Å²) in [5.41, 5.74) is 4.30. The lowest BCUT2D eigenvalue weighted by molar-refractivity contribution is 0.182. The minimum atomic E-state index is 0.627. The molecule has 1 atom stereocenters. The fourth-order valence-electron chi connectivity index (χ4n) is 3.03. The van der Waals surface area contributed by atoms with Gasteiger partial charge in [0, 0.05) is 25.7 Å². The average Bonchev–Trinajstić information content (AvgIpc) is 2.92. The number of thiophene rings is 1. The molecule has 0 saturated carbocycles. The van der Waals surface area contributed by atoms with Gasteiger partial charge in [-0.25, -0.2) is 0 Å². The lowest BCUT2D eigenvalue weighted by Gasteiger charge is -2.33. The Morgan fingerprint density at radius 2 is 2.10 bits per heavy atom. The first-order chi connectivity index (χ1) is 10.3. The van der Waals surface area contributed by atoms with Crippen LogP contribution >= 0.6 is 11.3 Å². The van der Waals surface area contributed by atoms with Crippen molar-refractivity contribution in [1.29, 1.82) is 0 Å². The largest absolute Gasteiger partial charge is 0.309 e. The van der Waals surface area contributed by atoms with Gasteiger partial charge in [0.25, 0.3) is 0 Å². The maximum absolute atomic E-state index is 3.75. The summed E-state index contributed by atoms with van der Waals surface area (Å²) in [5.74, 6) is 0. The van der Waals surface area contributed by atoms with Crippen molar-refractivity contribution in [2.75, 3.05) is 13.1 Å². The molecule has 112 valence electrons. The Hall–Kier alpha value is -1.16. The zero-order valence-electron chi connectivity index (χ0n) is 12.7. The van der Waals surface area contributed by atoms with Crippen molar-refractivity contribution in [2.45, 2.75) is 38.9 Å². The fourth-order valence-corrected chi connectivity index (χ4v) is 3.89. The van der Waals surface area contributed by atoms with Crippen LogP contribution in [0.2, 0.25) is 0 Å². The molecule has 2 nitrogen and oxygen atoms in total. The molecule has 1 aliphatic heterocycles. The van der Waals surface area contributed by atoms with Gasteiger partial charge < -0.3 is 5.32 Å². The maximum Gasteiger partial charge on any atom is 0.0234 e. The molecule has 0 amide bonds. The molecule has 1 fully saturated rings. The molecule has 2 aromatic rings. The predicted octanol–water partition coefficient (Wildman–Crippen LogP) is 3.81. The molecule has 2 heterocycles. The van der Waals surface area contributed by atoms with E-state index in [9.17, 15) is 0 Å². The molecule has 0 spiro atoms. The van der Waals surface area contributed by atoms with Crippen molar-refractivity contribution < 1.29 is 0 Å². The second-order valence-corrected chi connectivity index (χ2v) is 6.76. The van der Waals surface area contributed by atoms with E-state index in [-0.39, 0.29) is 0 Å². The summed E-state index contributed by atoms with van der Waals surface area (Å²) in [7, 11) is 0. The van der Waals surface area contributed by atoms with Gasteiger partial charge in [0.2, 0.25) is 0 Å². The zero-order chi connectivity index (χ0) is 14.5. The zero-order valence-corrected chi connectivity index (χ0v) is 13.5. The van der Waals surface area contributed by atoms with Crippen LogP contribution in [0.25, 0.3) is 0 Å². The number of hydrogen-bond donors (Lipinski definition) is 1. The Morgan fingerprint density at radius 1 is 1.24 bits per heavy atom. The molecule has 3 rings (SSSR count). The van der Waals surface area contributed by atoms with Crippen molar-refractivity contribution >= 4 is 11.3 Å². The quantitative estimate of drug-likeness (QED) is 0.903. The Labute approximate surface area is 131 Å². The average molecular weight is 300 g/mol. The first-order valence-corrected chi connectivity index (χ1v) is 8.77. The number of likely N-dealkylation sites (tertiary alicyclic amines) is 1. The highest BCUT2D eigenvalue weighted by atomic mass is 32.1. The smallest absolute Gasteiger partial charge is 0.0234 e. The van der Waals surface area contributed by atoms with Crippen LogP contribution in [0.4, 0.5) is 0 Å². The number of piperidine rings is 1. The maximum atomic E-state index is 3.75. The summed E-state index contributed by atoms with van der Waals surface area (Å²) in [6.45, 7) is 6.69. The first kappa shape index (κ1) is 14.8. The summed E-state index contributed by atoms with van der Waals surface area (Å²) in [4.78, 5) is 2.58. The number of nitrogens with zero attached hydrogens (tertiary/aromatic N) is 1. The molecule has 1 aromatic carbocycles. The summed E-state index contributed by atoms with van der Waals surface area (Å²) in [5, 5.41) is 8.25. The standard InChI is InChI=1S/C18H24N2S/c1-15-13-21-14-17(15)10-19-18-8-5-9-20(12-18)11-16-6-3-2-4-7-16/h2-4,6-7,13-14,18-19H,5,8-12H2,1H3. The van der Waals surface area contributed by atoms with Gasteiger partial charge in [0.05, 0.1) is 0 Å². The Balaban J connectivity index is 1.50. The molecule has 1 aromatic heterocycles. The van der Waals surface area contributed by atoms with E-state index in [0.29, 0.717) is 6.04 Å². The molecule has 1 unspecified atom stereocenters. The minimum absolute atomic E-state index is 0.627. The van der Waals surface area contributed by atoms with Crippen LogP contribution in [0, 0.1) is 6.92 Å². The first-order valence-electron chi connectivity index (χ1n) is 7.82. The van der Waals surface area contributed by atoms with Gasteiger partial charge in [0.1, 0.15) is 0 Å². The number of rotatable bonds is 5. The Kier molecular flexibility index (Phi) is 5.07. The summed E-state index contributed by atoms with van der Waals surface area (Å²) in [6, 6.07) is 11.4. The second kappa shape index (κ2) is 7.21. The van der Waals surface area contributed by atoms with E-state index in [2.05, 4.69) is 58.2 Å². The van der Waals surface area contributed by atoms with Crippen molar-refractivity contribution in [3.8, 4) is 0 Å². The predicted molar refractivity (Wildman–Crippen MR) is 90.6 cm³/mol. The van der Waals surface area contributed by atoms with E-state index in [0.717, 1.165) is 19.6 Å². The van der Waals surface area contributed by atoms with Crippen molar-refractivity contribution in [3.63, 3.8) is 0 Å². The van der Waals surface area contributed by atoms with E-state index in [1.54, 1.807) is 11.3 Å². The van der Waals surface area contributed by atoms with Gasteiger partial charge in [0.15, 0.2) is 0 Å². The van der Waals surface area contributed by atoms with Crippen molar-refractivity contribution in [1.82, 2.24) is 10.2 Å². The molecular formula is C18H24N2S. The molecular weight excluding hydrogens is 276 g/mol. The number of aryl methyl sites for hydroxylation is 1. The van der Waals surface area contributed by atoms with Crippen LogP contribution in [0.3, 0.4) is 0 Å². The van der Waals surface area contributed by atoms with Crippen LogP contribution < -0.4 is 5.32 Å². The van der Waals surface area contributed by atoms with Crippen LogP contribution in [0.5, 0.6) is 0 Å². The lowest BCUT2D eigenvalue weighted by Crippen LogP contribution is -2.45. The molecule has 21 heavy (non-hydrogen) atoms. The van der Waals surface area contributed by atoms with Crippen molar-refractivity contribution in [3.05, 3.63) is 57.8 Å². The molecule has 1 N–H and O–H groups in total. The highest BCUT2D eigenvalue weighted by Crippen LogP contribution is 2.16.